The van der Waals surface area contributed by atoms with Crippen molar-refractivity contribution in [1.82, 2.24) is 10.6 Å². The van der Waals surface area contributed by atoms with E-state index in [0.717, 1.165) is 57.3 Å². The molecule has 0 bridgehead atoms. The highest BCUT2D eigenvalue weighted by Gasteiger charge is 2.30. The van der Waals surface area contributed by atoms with Gasteiger partial charge in [0.25, 0.3) is 0 Å². The first-order valence-electron chi connectivity index (χ1n) is 9.60. The minimum Gasteiger partial charge on any atom is -0.495 e. The normalized spacial score (nSPS) is 25.2. The lowest BCUT2D eigenvalue weighted by atomic mass is 10.0. The van der Waals surface area contributed by atoms with Gasteiger partial charge in [-0.05, 0) is 44.2 Å². The SMILES string of the molecule is CN=C(NCC1CCN(c2ccccc2OC)C1)NCC1(C)CCCO1.I. The first-order chi connectivity index (χ1) is 12.6. The molecule has 7 heteroatoms. The summed E-state index contributed by atoms with van der Waals surface area (Å²) in [6, 6.07) is 8.25. The number of methoxy groups -OCH3 is 1. The highest BCUT2D eigenvalue weighted by atomic mass is 127. The molecular formula is C20H33IN4O2. The van der Waals surface area contributed by atoms with E-state index in [1.165, 1.54) is 12.1 Å². The van der Waals surface area contributed by atoms with Crippen molar-refractivity contribution in [2.75, 3.05) is 51.8 Å². The molecule has 2 aliphatic heterocycles. The predicted molar refractivity (Wildman–Crippen MR) is 122 cm³/mol. The summed E-state index contributed by atoms with van der Waals surface area (Å²) in [6.45, 7) is 6.84. The van der Waals surface area contributed by atoms with Gasteiger partial charge in [-0.15, -0.1) is 24.0 Å². The Kier molecular flexibility index (Phi) is 8.47. The molecule has 0 aliphatic carbocycles. The molecule has 0 spiro atoms. The molecule has 2 saturated heterocycles. The van der Waals surface area contributed by atoms with Gasteiger partial charge in [-0.2, -0.15) is 0 Å². The second kappa shape index (κ2) is 10.4. The molecule has 0 amide bonds. The lowest BCUT2D eigenvalue weighted by molar-refractivity contribution is 0.0243. The summed E-state index contributed by atoms with van der Waals surface area (Å²) in [4.78, 5) is 6.76. The number of benzene rings is 1. The number of halogens is 1. The van der Waals surface area contributed by atoms with Crippen LogP contribution in [0.5, 0.6) is 5.75 Å². The average molecular weight is 488 g/mol. The molecule has 27 heavy (non-hydrogen) atoms. The van der Waals surface area contributed by atoms with Gasteiger partial charge in [0.2, 0.25) is 0 Å². The van der Waals surface area contributed by atoms with E-state index in [2.05, 4.69) is 39.6 Å². The largest absolute Gasteiger partial charge is 0.495 e. The molecular weight excluding hydrogens is 455 g/mol. The molecule has 3 rings (SSSR count). The van der Waals surface area contributed by atoms with Crippen LogP contribution in [0.3, 0.4) is 0 Å². The zero-order valence-electron chi connectivity index (χ0n) is 16.7. The average Bonchev–Trinajstić information content (AvgIpc) is 3.31. The zero-order valence-corrected chi connectivity index (χ0v) is 19.0. The second-order valence-electron chi connectivity index (χ2n) is 7.48. The number of guanidine groups is 1. The molecule has 152 valence electrons. The Morgan fingerprint density at radius 3 is 2.89 bits per heavy atom. The number of nitrogens with zero attached hydrogens (tertiary/aromatic N) is 2. The fourth-order valence-corrected chi connectivity index (χ4v) is 3.82. The zero-order chi connectivity index (χ0) is 18.4. The lowest BCUT2D eigenvalue weighted by Gasteiger charge is -2.25. The molecule has 2 N–H and O–H groups in total. The molecule has 2 fully saturated rings. The van der Waals surface area contributed by atoms with E-state index in [9.17, 15) is 0 Å². The highest BCUT2D eigenvalue weighted by Crippen LogP contribution is 2.31. The van der Waals surface area contributed by atoms with E-state index in [4.69, 9.17) is 9.47 Å². The van der Waals surface area contributed by atoms with E-state index < -0.39 is 0 Å². The standard InChI is InChI=1S/C20H32N4O2.HI/c1-20(10-6-12-26-20)15-23-19(21-2)22-13-16-9-11-24(14-16)17-7-4-5-8-18(17)25-3;/h4-5,7-8,16H,6,9-15H2,1-3H3,(H2,21,22,23);1H. The van der Waals surface area contributed by atoms with Crippen molar-refractivity contribution in [1.29, 1.82) is 0 Å². The van der Waals surface area contributed by atoms with Crippen LogP contribution in [-0.4, -0.2) is 58.5 Å². The number of aliphatic imine (C=N–C) groups is 1. The molecule has 0 radical (unpaired) electrons. The fraction of sp³-hybridized carbons (Fsp3) is 0.650. The Balaban J connectivity index is 0.00000261. The van der Waals surface area contributed by atoms with Crippen molar-refractivity contribution in [2.24, 2.45) is 10.9 Å². The quantitative estimate of drug-likeness (QED) is 0.367. The number of para-hydroxylation sites is 2. The van der Waals surface area contributed by atoms with Crippen LogP contribution in [0.25, 0.3) is 0 Å². The predicted octanol–water partition coefficient (Wildman–Crippen LogP) is 2.87. The monoisotopic (exact) mass is 488 g/mol. The van der Waals surface area contributed by atoms with Gasteiger partial charge in [0.05, 0.1) is 18.4 Å². The van der Waals surface area contributed by atoms with Crippen molar-refractivity contribution in [3.8, 4) is 5.75 Å². The molecule has 0 saturated carbocycles. The Labute approximate surface area is 180 Å². The van der Waals surface area contributed by atoms with Crippen molar-refractivity contribution in [3.05, 3.63) is 24.3 Å². The second-order valence-corrected chi connectivity index (χ2v) is 7.48. The highest BCUT2D eigenvalue weighted by molar-refractivity contribution is 14.0. The molecule has 2 heterocycles. The number of hydrogen-bond donors (Lipinski definition) is 2. The van der Waals surface area contributed by atoms with Crippen LogP contribution in [0.15, 0.2) is 29.3 Å². The van der Waals surface area contributed by atoms with Gasteiger partial charge in [0.1, 0.15) is 5.75 Å². The summed E-state index contributed by atoms with van der Waals surface area (Å²) in [5.41, 5.74) is 1.12. The summed E-state index contributed by atoms with van der Waals surface area (Å²) in [5, 5.41) is 6.90. The van der Waals surface area contributed by atoms with Gasteiger partial charge in [-0.3, -0.25) is 4.99 Å². The number of hydrogen-bond acceptors (Lipinski definition) is 4. The Hall–Kier alpha value is -1.22. The maximum absolute atomic E-state index is 5.83. The Bertz CT molecular complexity index is 620. The topological polar surface area (TPSA) is 58.1 Å². The number of nitrogens with one attached hydrogen (secondary N) is 2. The molecule has 2 aliphatic rings. The molecule has 1 aromatic rings. The summed E-state index contributed by atoms with van der Waals surface area (Å²) in [6.07, 6.45) is 3.42. The summed E-state index contributed by atoms with van der Waals surface area (Å²) >= 11 is 0. The van der Waals surface area contributed by atoms with E-state index in [0.29, 0.717) is 5.92 Å². The van der Waals surface area contributed by atoms with Crippen LogP contribution in [-0.2, 0) is 4.74 Å². The van der Waals surface area contributed by atoms with Crippen molar-refractivity contribution in [3.63, 3.8) is 0 Å². The molecule has 0 aromatic heterocycles. The van der Waals surface area contributed by atoms with E-state index >= 15 is 0 Å². The third kappa shape index (κ3) is 5.88. The molecule has 6 nitrogen and oxygen atoms in total. The Morgan fingerprint density at radius 1 is 1.37 bits per heavy atom. The first kappa shape index (κ1) is 22.1. The third-order valence-electron chi connectivity index (χ3n) is 5.42. The van der Waals surface area contributed by atoms with Crippen LogP contribution >= 0.6 is 24.0 Å². The van der Waals surface area contributed by atoms with E-state index in [-0.39, 0.29) is 29.6 Å². The number of anilines is 1. The van der Waals surface area contributed by atoms with Gasteiger partial charge in [0, 0.05) is 39.8 Å². The van der Waals surface area contributed by atoms with Gasteiger partial charge < -0.3 is 25.0 Å². The maximum atomic E-state index is 5.83. The number of rotatable bonds is 6. The smallest absolute Gasteiger partial charge is 0.191 e. The summed E-state index contributed by atoms with van der Waals surface area (Å²) < 4.78 is 11.3. The maximum Gasteiger partial charge on any atom is 0.191 e. The first-order valence-corrected chi connectivity index (χ1v) is 9.60. The van der Waals surface area contributed by atoms with Crippen molar-refractivity contribution >= 4 is 35.6 Å². The van der Waals surface area contributed by atoms with Crippen LogP contribution in [0.4, 0.5) is 5.69 Å². The minimum atomic E-state index is -0.0638. The molecule has 2 atom stereocenters. The third-order valence-corrected chi connectivity index (χ3v) is 5.42. The molecule has 2 unspecified atom stereocenters. The van der Waals surface area contributed by atoms with Gasteiger partial charge in [0.15, 0.2) is 5.96 Å². The van der Waals surface area contributed by atoms with Gasteiger partial charge in [-0.25, -0.2) is 0 Å². The van der Waals surface area contributed by atoms with E-state index in [1.807, 2.05) is 19.2 Å². The summed E-state index contributed by atoms with van der Waals surface area (Å²) in [7, 11) is 3.56. The van der Waals surface area contributed by atoms with Crippen LogP contribution in [0.2, 0.25) is 0 Å². The van der Waals surface area contributed by atoms with Crippen molar-refractivity contribution in [2.45, 2.75) is 31.8 Å². The van der Waals surface area contributed by atoms with Crippen LogP contribution in [0.1, 0.15) is 26.2 Å². The lowest BCUT2D eigenvalue weighted by Crippen LogP contribution is -2.46. The Morgan fingerprint density at radius 2 is 2.19 bits per heavy atom. The van der Waals surface area contributed by atoms with Crippen LogP contribution in [0, 0.1) is 5.92 Å². The summed E-state index contributed by atoms with van der Waals surface area (Å²) in [5.74, 6) is 2.40. The number of ether oxygens (including phenoxy) is 2. The van der Waals surface area contributed by atoms with Gasteiger partial charge in [-0.1, -0.05) is 12.1 Å². The fourth-order valence-electron chi connectivity index (χ4n) is 3.82. The van der Waals surface area contributed by atoms with Crippen LogP contribution < -0.4 is 20.3 Å². The minimum absolute atomic E-state index is 0. The van der Waals surface area contributed by atoms with Gasteiger partial charge >= 0.3 is 0 Å². The van der Waals surface area contributed by atoms with Crippen molar-refractivity contribution < 1.29 is 9.47 Å². The molecule has 1 aromatic carbocycles. The van der Waals surface area contributed by atoms with E-state index in [1.54, 1.807) is 7.11 Å².